The van der Waals surface area contributed by atoms with Crippen molar-refractivity contribution in [3.63, 3.8) is 0 Å². The van der Waals surface area contributed by atoms with Crippen LogP contribution in [0.1, 0.15) is 5.56 Å². The molecular formula is C11H11ClN2O3. The van der Waals surface area contributed by atoms with Gasteiger partial charge in [0.2, 0.25) is 11.8 Å². The molecule has 0 aromatic heterocycles. The maximum Gasteiger partial charge on any atom is 0.250 e. The van der Waals surface area contributed by atoms with Crippen LogP contribution in [0, 0.1) is 0 Å². The molecule has 1 aliphatic rings. The summed E-state index contributed by atoms with van der Waals surface area (Å²) in [5, 5.41) is 5.69. The molecule has 0 fully saturated rings. The number of anilines is 2. The minimum atomic E-state index is -0.286. The molecule has 0 saturated heterocycles. The number of carbonyl (C=O) groups excluding carboxylic acids is 2. The summed E-state index contributed by atoms with van der Waals surface area (Å²) in [7, 11) is 1.44. The van der Waals surface area contributed by atoms with Crippen molar-refractivity contribution in [3.05, 3.63) is 22.7 Å². The molecular weight excluding hydrogens is 244 g/mol. The third kappa shape index (κ3) is 2.57. The van der Waals surface area contributed by atoms with Gasteiger partial charge in [-0.2, -0.15) is 0 Å². The van der Waals surface area contributed by atoms with Crippen LogP contribution in [0.5, 0.6) is 0 Å². The topological polar surface area (TPSA) is 67.4 Å². The lowest BCUT2D eigenvalue weighted by Gasteiger charge is -2.08. The lowest BCUT2D eigenvalue weighted by molar-refractivity contribution is -0.119. The van der Waals surface area contributed by atoms with Gasteiger partial charge in [0.1, 0.15) is 6.61 Å². The minimum absolute atomic E-state index is 0.0371. The molecule has 1 heterocycles. The Morgan fingerprint density at radius 2 is 2.35 bits per heavy atom. The van der Waals surface area contributed by atoms with E-state index in [0.29, 0.717) is 22.8 Å². The Morgan fingerprint density at radius 1 is 1.59 bits per heavy atom. The number of benzene rings is 1. The van der Waals surface area contributed by atoms with Gasteiger partial charge in [-0.15, -0.1) is 0 Å². The summed E-state index contributed by atoms with van der Waals surface area (Å²) < 4.78 is 4.70. The molecule has 0 saturated carbocycles. The Morgan fingerprint density at radius 3 is 3.06 bits per heavy atom. The quantitative estimate of drug-likeness (QED) is 0.857. The fourth-order valence-corrected chi connectivity index (χ4v) is 1.87. The van der Waals surface area contributed by atoms with E-state index in [-0.39, 0.29) is 18.4 Å². The van der Waals surface area contributed by atoms with Crippen LogP contribution in [0.25, 0.3) is 0 Å². The number of nitrogens with one attached hydrogen (secondary N) is 2. The molecule has 0 bridgehead atoms. The molecule has 0 atom stereocenters. The molecule has 2 amide bonds. The van der Waals surface area contributed by atoms with Crippen LogP contribution in [-0.2, 0) is 20.7 Å². The van der Waals surface area contributed by atoms with Gasteiger partial charge in [-0.3, -0.25) is 9.59 Å². The number of methoxy groups -OCH3 is 1. The number of rotatable bonds is 3. The zero-order chi connectivity index (χ0) is 12.4. The van der Waals surface area contributed by atoms with Crippen molar-refractivity contribution in [2.75, 3.05) is 24.4 Å². The molecule has 1 aliphatic heterocycles. The number of ether oxygens (including phenoxy) is 1. The maximum atomic E-state index is 11.4. The number of fused-ring (bicyclic) bond motifs is 1. The average molecular weight is 255 g/mol. The Bertz CT molecular complexity index is 488. The van der Waals surface area contributed by atoms with E-state index in [4.69, 9.17) is 16.3 Å². The molecule has 6 heteroatoms. The van der Waals surface area contributed by atoms with E-state index in [1.54, 1.807) is 12.1 Å². The van der Waals surface area contributed by atoms with Crippen LogP contribution < -0.4 is 10.6 Å². The Labute approximate surface area is 103 Å². The minimum Gasteiger partial charge on any atom is -0.375 e. The van der Waals surface area contributed by atoms with Crippen LogP contribution in [0.4, 0.5) is 11.4 Å². The molecule has 0 spiro atoms. The number of carbonyl (C=O) groups is 2. The van der Waals surface area contributed by atoms with E-state index >= 15 is 0 Å². The van der Waals surface area contributed by atoms with Crippen molar-refractivity contribution in [1.29, 1.82) is 0 Å². The highest BCUT2D eigenvalue weighted by atomic mass is 35.5. The van der Waals surface area contributed by atoms with Crippen molar-refractivity contribution in [2.45, 2.75) is 6.42 Å². The van der Waals surface area contributed by atoms with Crippen LogP contribution >= 0.6 is 11.6 Å². The zero-order valence-corrected chi connectivity index (χ0v) is 9.93. The van der Waals surface area contributed by atoms with Gasteiger partial charge in [0.25, 0.3) is 0 Å². The molecule has 17 heavy (non-hydrogen) atoms. The summed E-state index contributed by atoms with van der Waals surface area (Å²) >= 11 is 5.99. The second-order valence-electron chi connectivity index (χ2n) is 3.70. The van der Waals surface area contributed by atoms with Crippen molar-refractivity contribution in [3.8, 4) is 0 Å². The summed E-state index contributed by atoms with van der Waals surface area (Å²) in [6.07, 6.45) is 0.305. The van der Waals surface area contributed by atoms with Crippen molar-refractivity contribution < 1.29 is 14.3 Å². The van der Waals surface area contributed by atoms with Crippen molar-refractivity contribution >= 4 is 34.8 Å². The standard InChI is InChI=1S/C11H11ClN2O3/c1-17-5-11(16)14-9-2-6-3-10(15)13-8(6)4-7(9)12/h2,4H,3,5H2,1H3,(H,13,15)(H,14,16). The van der Waals surface area contributed by atoms with Gasteiger partial charge in [-0.25, -0.2) is 0 Å². The van der Waals surface area contributed by atoms with Crippen LogP contribution in [-0.4, -0.2) is 25.5 Å². The SMILES string of the molecule is COCC(=O)Nc1cc2c(cc1Cl)NC(=O)C2. The number of amides is 2. The van der Waals surface area contributed by atoms with Crippen LogP contribution in [0.3, 0.4) is 0 Å². The molecule has 1 aromatic rings. The Balaban J connectivity index is 2.22. The van der Waals surface area contributed by atoms with E-state index in [0.717, 1.165) is 5.56 Å². The second kappa shape index (κ2) is 4.73. The van der Waals surface area contributed by atoms with Gasteiger partial charge in [0.05, 0.1) is 17.1 Å². The predicted molar refractivity (Wildman–Crippen MR) is 64.3 cm³/mol. The van der Waals surface area contributed by atoms with Crippen molar-refractivity contribution in [2.24, 2.45) is 0 Å². The molecule has 0 unspecified atom stereocenters. The summed E-state index contributed by atoms with van der Waals surface area (Å²) in [5.74, 6) is -0.358. The summed E-state index contributed by atoms with van der Waals surface area (Å²) in [6, 6.07) is 3.33. The van der Waals surface area contributed by atoms with E-state index < -0.39 is 0 Å². The molecule has 0 radical (unpaired) electrons. The molecule has 90 valence electrons. The maximum absolute atomic E-state index is 11.4. The Hall–Kier alpha value is -1.59. The summed E-state index contributed by atoms with van der Waals surface area (Å²) in [4.78, 5) is 22.5. The fraction of sp³-hybridized carbons (Fsp3) is 0.273. The average Bonchev–Trinajstić information content (AvgIpc) is 2.58. The third-order valence-electron chi connectivity index (χ3n) is 2.37. The van der Waals surface area contributed by atoms with Gasteiger partial charge < -0.3 is 15.4 Å². The number of hydrogen-bond acceptors (Lipinski definition) is 3. The monoisotopic (exact) mass is 254 g/mol. The molecule has 2 rings (SSSR count). The van der Waals surface area contributed by atoms with Gasteiger partial charge in [0.15, 0.2) is 0 Å². The van der Waals surface area contributed by atoms with Crippen molar-refractivity contribution in [1.82, 2.24) is 0 Å². The molecule has 2 N–H and O–H groups in total. The predicted octanol–water partition coefficient (Wildman–Crippen LogP) is 1.42. The van der Waals surface area contributed by atoms with Crippen LogP contribution in [0.2, 0.25) is 5.02 Å². The largest absolute Gasteiger partial charge is 0.375 e. The van der Waals surface area contributed by atoms with E-state index in [1.807, 2.05) is 0 Å². The first-order valence-electron chi connectivity index (χ1n) is 5.01. The van der Waals surface area contributed by atoms with Crippen LogP contribution in [0.15, 0.2) is 12.1 Å². The third-order valence-corrected chi connectivity index (χ3v) is 2.68. The highest BCUT2D eigenvalue weighted by molar-refractivity contribution is 6.34. The summed E-state index contributed by atoms with van der Waals surface area (Å²) in [5.41, 5.74) is 2.01. The van der Waals surface area contributed by atoms with E-state index in [9.17, 15) is 9.59 Å². The lowest BCUT2D eigenvalue weighted by atomic mass is 10.1. The summed E-state index contributed by atoms with van der Waals surface area (Å²) in [6.45, 7) is -0.0371. The first kappa shape index (κ1) is 11.9. The van der Waals surface area contributed by atoms with E-state index in [2.05, 4.69) is 10.6 Å². The highest BCUT2D eigenvalue weighted by Crippen LogP contribution is 2.32. The van der Waals surface area contributed by atoms with Gasteiger partial charge >= 0.3 is 0 Å². The van der Waals surface area contributed by atoms with Gasteiger partial charge in [-0.05, 0) is 17.7 Å². The molecule has 5 nitrogen and oxygen atoms in total. The molecule has 1 aromatic carbocycles. The normalized spacial score (nSPS) is 13.2. The fourth-order valence-electron chi connectivity index (χ4n) is 1.66. The first-order chi connectivity index (χ1) is 8.10. The molecule has 0 aliphatic carbocycles. The first-order valence-corrected chi connectivity index (χ1v) is 5.39. The zero-order valence-electron chi connectivity index (χ0n) is 9.17. The number of hydrogen-bond donors (Lipinski definition) is 2. The Kier molecular flexibility index (Phi) is 3.31. The second-order valence-corrected chi connectivity index (χ2v) is 4.10. The van der Waals surface area contributed by atoms with E-state index in [1.165, 1.54) is 7.11 Å². The number of halogens is 1. The van der Waals surface area contributed by atoms with Gasteiger partial charge in [0, 0.05) is 12.8 Å². The van der Waals surface area contributed by atoms with Gasteiger partial charge in [-0.1, -0.05) is 11.6 Å². The lowest BCUT2D eigenvalue weighted by Crippen LogP contribution is -2.17. The highest BCUT2D eigenvalue weighted by Gasteiger charge is 2.20. The smallest absolute Gasteiger partial charge is 0.250 e.